The van der Waals surface area contributed by atoms with Crippen molar-refractivity contribution in [2.24, 2.45) is 11.8 Å². The normalized spacial score (nSPS) is 46.4. The minimum absolute atomic E-state index is 0.0125. The predicted octanol–water partition coefficient (Wildman–Crippen LogP) is 16.9. The van der Waals surface area contributed by atoms with Crippen molar-refractivity contribution in [2.45, 2.75) is 168 Å². The highest BCUT2D eigenvalue weighted by molar-refractivity contribution is 8.00. The zero-order chi connectivity index (χ0) is 45.0. The van der Waals surface area contributed by atoms with Crippen molar-refractivity contribution in [2.75, 3.05) is 0 Å². The first-order chi connectivity index (χ1) is 36.4. The van der Waals surface area contributed by atoms with Gasteiger partial charge in [0, 0.05) is 10.3 Å². The first-order valence-corrected chi connectivity index (χ1v) is 31.3. The lowest BCUT2D eigenvalue weighted by Gasteiger charge is -2.65. The molecule has 11 aromatic carbocycles. The van der Waals surface area contributed by atoms with Gasteiger partial charge < -0.3 is 0 Å². The molecule has 2 spiro atoms. The van der Waals surface area contributed by atoms with Gasteiger partial charge in [0.2, 0.25) is 0 Å². The molecule has 0 bridgehead atoms. The van der Waals surface area contributed by atoms with Crippen molar-refractivity contribution < 1.29 is 0 Å². The lowest BCUT2D eigenvalue weighted by atomic mass is 9.39. The Morgan fingerprint density at radius 3 is 1.07 bits per heavy atom. The molecule has 0 aromatic heterocycles. The summed E-state index contributed by atoms with van der Waals surface area (Å²) in [5.41, 5.74) is 50.2. The number of thioether (sulfide) groups is 1. The molecule has 0 nitrogen and oxygen atoms in total. The second-order valence-corrected chi connectivity index (χ2v) is 33.7. The quantitative estimate of drug-likeness (QED) is 0.148. The molecule has 22 unspecified atom stereocenters. The zero-order valence-corrected chi connectivity index (χ0v) is 42.0. The summed E-state index contributed by atoms with van der Waals surface area (Å²) in [6.45, 7) is 13.1. The minimum atomic E-state index is -0.0125. The Balaban J connectivity index is 0.999. The molecule has 1 aliphatic heterocycles. The zero-order valence-electron chi connectivity index (χ0n) is 41.2. The minimum Gasteiger partial charge on any atom is -0.112 e. The van der Waals surface area contributed by atoms with Gasteiger partial charge in [0.15, 0.2) is 0 Å². The molecule has 0 saturated heterocycles. The lowest BCUT2D eigenvalue weighted by Crippen LogP contribution is -2.62. The highest BCUT2D eigenvalue weighted by atomic mass is 32.2. The maximum atomic E-state index is 2.82. The highest BCUT2D eigenvalue weighted by Gasteiger charge is 2.90. The van der Waals surface area contributed by atoms with Gasteiger partial charge in [-0.3, -0.25) is 0 Å². The van der Waals surface area contributed by atoms with E-state index in [2.05, 4.69) is 75.2 Å². The molecule has 1 fully saturated rings. The van der Waals surface area contributed by atoms with Crippen molar-refractivity contribution in [3.8, 4) is 11.1 Å². The average molecular weight is 947 g/mol. The van der Waals surface area contributed by atoms with Crippen molar-refractivity contribution >= 4 is 97.9 Å². The number of hydrogen-bond donors (Lipinski definition) is 0. The van der Waals surface area contributed by atoms with Crippen LogP contribution in [0.15, 0.2) is 17.0 Å². The number of fused-ring (bicyclic) bond motifs is 1. The van der Waals surface area contributed by atoms with Gasteiger partial charge in [0.05, 0.1) is 4.75 Å². The Morgan fingerprint density at radius 2 is 0.649 bits per heavy atom. The van der Waals surface area contributed by atoms with E-state index in [1.54, 1.807) is 10.5 Å². The van der Waals surface area contributed by atoms with Crippen molar-refractivity contribution in [3.63, 3.8) is 0 Å². The van der Waals surface area contributed by atoms with Crippen LogP contribution in [0.1, 0.15) is 275 Å². The summed E-state index contributed by atoms with van der Waals surface area (Å²) >= 11 is 2.61. The molecule has 336 valence electrons. The van der Waals surface area contributed by atoms with Crippen LogP contribution in [0.5, 0.6) is 0 Å². The number of hydrogen-bond acceptors (Lipinski definition) is 1. The van der Waals surface area contributed by atoms with Gasteiger partial charge >= 0.3 is 0 Å². The predicted molar refractivity (Wildman–Crippen MR) is 289 cm³/mol. The summed E-state index contributed by atoms with van der Waals surface area (Å²) in [4.78, 5) is 1.75. The highest BCUT2D eigenvalue weighted by Crippen LogP contribution is 3.01. The third-order valence-corrected chi connectivity index (χ3v) is 33.5. The first kappa shape index (κ1) is 31.0. The Hall–Kier alpha value is -5.37. The van der Waals surface area contributed by atoms with Gasteiger partial charge in [0.25, 0.3) is 0 Å². The molecule has 22 atom stereocenters. The molecule has 34 rings (SSSR count). The van der Waals surface area contributed by atoms with E-state index >= 15 is 0 Å². The van der Waals surface area contributed by atoms with E-state index in [9.17, 15) is 0 Å². The summed E-state index contributed by atoms with van der Waals surface area (Å²) < 4.78 is 0.0308. The SMILES string of the molecule is CC(C)c1c(C(C)(C)C)ccc2c1C13c4c5c6c7c8c9c%10c%11c%12c%13c%14c%15c(c%16c%13c%10c7c4-%16)C1(S2)C1C%15C2c4c7c%10c%13c%15c%16c%17c%18c%19c%20c%21c%22c%23c(c4c4c%22c%19c%16c%104)C2C%14C%12C%23C%21C%11C9C%20C%18C8C6C%17C%15C5C3C%13C71. The van der Waals surface area contributed by atoms with Crippen LogP contribution < -0.4 is 0 Å². The van der Waals surface area contributed by atoms with E-state index in [0.29, 0.717) is 124 Å². The van der Waals surface area contributed by atoms with Crippen LogP contribution in [0, 0.1) is 11.8 Å². The summed E-state index contributed by atoms with van der Waals surface area (Å²) in [5.74, 6) is 13.6. The van der Waals surface area contributed by atoms with Gasteiger partial charge in [-0.05, 0) is 361 Å². The lowest BCUT2D eigenvalue weighted by molar-refractivity contribution is 0.0336. The molecule has 1 saturated carbocycles. The monoisotopic (exact) mass is 946 g/mol. The summed E-state index contributed by atoms with van der Waals surface area (Å²) in [5, 5.41) is 30.8. The molecule has 1 heteroatoms. The van der Waals surface area contributed by atoms with E-state index in [4.69, 9.17) is 0 Å². The van der Waals surface area contributed by atoms with E-state index < -0.39 is 0 Å². The Labute approximate surface area is 426 Å². The Kier molecular flexibility index (Phi) is 3.00. The van der Waals surface area contributed by atoms with Gasteiger partial charge in [-0.25, -0.2) is 0 Å². The molecule has 0 radical (unpaired) electrons. The largest absolute Gasteiger partial charge is 0.112 e. The van der Waals surface area contributed by atoms with Crippen LogP contribution in [0.3, 0.4) is 0 Å². The second-order valence-electron chi connectivity index (χ2n) is 32.4. The van der Waals surface area contributed by atoms with Crippen LogP contribution in [0.25, 0.3) is 97.3 Å². The molecule has 0 N–H and O–H groups in total. The molecule has 22 aliphatic carbocycles. The van der Waals surface area contributed by atoms with Crippen LogP contribution in [-0.2, 0) is 15.6 Å². The fraction of sp³-hybridized carbons (Fsp3) is 0.397. The third kappa shape index (κ3) is 1.74. The Morgan fingerprint density at radius 1 is 0.338 bits per heavy atom. The molecule has 74 heavy (non-hydrogen) atoms. The van der Waals surface area contributed by atoms with Crippen molar-refractivity contribution in [3.05, 3.63) is 140 Å². The van der Waals surface area contributed by atoms with Gasteiger partial charge in [0.1, 0.15) is 0 Å². The van der Waals surface area contributed by atoms with E-state index in [0.717, 1.165) is 0 Å². The van der Waals surface area contributed by atoms with E-state index in [-0.39, 0.29) is 15.6 Å². The third-order valence-electron chi connectivity index (χ3n) is 31.8. The van der Waals surface area contributed by atoms with Gasteiger partial charge in [-0.2, -0.15) is 0 Å². The summed E-state index contributed by atoms with van der Waals surface area (Å²) in [7, 11) is 0. The summed E-state index contributed by atoms with van der Waals surface area (Å²) in [6.07, 6.45) is 0. The smallest absolute Gasteiger partial charge is 0.0645 e. The van der Waals surface area contributed by atoms with E-state index in [1.165, 1.54) is 0 Å². The average Bonchev–Trinajstić information content (AvgIpc) is 3.39. The second kappa shape index (κ2) is 7.17. The van der Waals surface area contributed by atoms with Crippen LogP contribution >= 0.6 is 11.8 Å². The maximum absolute atomic E-state index is 2.82. The molecule has 23 aliphatic rings. The maximum Gasteiger partial charge on any atom is 0.0645 e. The van der Waals surface area contributed by atoms with Crippen molar-refractivity contribution in [1.29, 1.82) is 0 Å². The van der Waals surface area contributed by atoms with Crippen LogP contribution in [0.4, 0.5) is 0 Å². The molecule has 1 heterocycles. The van der Waals surface area contributed by atoms with Gasteiger partial charge in [-0.1, -0.05) is 40.7 Å². The molecular weight excluding hydrogens is 909 g/mol. The fourth-order valence-corrected chi connectivity index (χ4v) is 35.3. The molecule has 11 aromatic rings. The van der Waals surface area contributed by atoms with Crippen molar-refractivity contribution in [1.82, 2.24) is 0 Å². The van der Waals surface area contributed by atoms with Crippen LogP contribution in [0.2, 0.25) is 0 Å². The van der Waals surface area contributed by atoms with Crippen LogP contribution in [-0.4, -0.2) is 0 Å². The first-order valence-electron chi connectivity index (χ1n) is 30.5. The summed E-state index contributed by atoms with van der Waals surface area (Å²) in [6, 6.07) is 5.54. The number of rotatable bonds is 1. The molecular formula is C73H38S. The Bertz CT molecular complexity index is 5650. The fourth-order valence-electron chi connectivity index (χ4n) is 33.2. The standard InChI is InChI=1S/C73H38S/c1-8(2)11-9(71(3,4)5)6-7-10-66(11)72-67-58-50-40-30-22-14-12-13-16-20-18(14)26-34-28(20)38-32-24(16)25-17(13)21-19-15(12)23(22)31-37-27(19)35-29(21)39-33(25)43-42(32)54-48(38)56-46(34)52(44(50)36(26)30)60(67)62(56)69-64(54)65-55(43)49(39)57-47(35)53-45(37)51(41(31)40)59(58)68(72)61(53)63(57)70(65)73(69,72)74-10/h6-8,14,16,18,20,22,24,30,32,40-43,51,55,59,61,63,65,68,70H,1-5H3. The molecule has 0 amide bonds. The van der Waals surface area contributed by atoms with Gasteiger partial charge in [-0.15, -0.1) is 11.8 Å². The van der Waals surface area contributed by atoms with E-state index in [1.807, 2.05) is 203 Å². The number of benzene rings is 10. The topological polar surface area (TPSA) is 0 Å².